The number of rotatable bonds is 5. The summed E-state index contributed by atoms with van der Waals surface area (Å²) >= 11 is 0. The molecule has 0 aromatic heterocycles. The Morgan fingerprint density at radius 1 is 1.23 bits per heavy atom. The van der Waals surface area contributed by atoms with Crippen molar-refractivity contribution in [2.45, 2.75) is 56.1 Å². The maximum Gasteiger partial charge on any atom is 0.262 e. The van der Waals surface area contributed by atoms with E-state index in [1.54, 1.807) is 13.0 Å². The molecule has 2 aromatic carbocycles. The Bertz CT molecular complexity index is 1160. The van der Waals surface area contributed by atoms with Gasteiger partial charge in [0.05, 0.1) is 15.8 Å². The van der Waals surface area contributed by atoms with Crippen molar-refractivity contribution in [3.05, 3.63) is 47.0 Å². The van der Waals surface area contributed by atoms with E-state index in [1.807, 2.05) is 12.1 Å². The molecule has 1 unspecified atom stereocenters. The van der Waals surface area contributed by atoms with Gasteiger partial charge in [0, 0.05) is 18.2 Å². The monoisotopic (exact) mass is 442 g/mol. The average molecular weight is 443 g/mol. The van der Waals surface area contributed by atoms with Crippen molar-refractivity contribution in [1.82, 2.24) is 0 Å². The number of hydrogen-bond donors (Lipinski definition) is 2. The lowest BCUT2D eigenvalue weighted by atomic mass is 9.90. The molecule has 2 aromatic rings. The van der Waals surface area contributed by atoms with Gasteiger partial charge in [0.15, 0.2) is 16.4 Å². The van der Waals surface area contributed by atoms with Gasteiger partial charge in [0.1, 0.15) is 5.75 Å². The molecule has 1 aliphatic heterocycles. The van der Waals surface area contributed by atoms with Gasteiger partial charge in [-0.05, 0) is 68.4 Å². The third-order valence-electron chi connectivity index (χ3n) is 5.89. The van der Waals surface area contributed by atoms with Crippen LogP contribution in [0.1, 0.15) is 42.9 Å². The van der Waals surface area contributed by atoms with E-state index in [4.69, 9.17) is 4.74 Å². The maximum atomic E-state index is 13.2. The second-order valence-electron chi connectivity index (χ2n) is 8.21. The lowest BCUT2D eigenvalue weighted by Gasteiger charge is -2.22. The van der Waals surface area contributed by atoms with Crippen molar-refractivity contribution >= 4 is 33.0 Å². The van der Waals surface area contributed by atoms with E-state index in [1.165, 1.54) is 18.6 Å². The second-order valence-corrected chi connectivity index (χ2v) is 10.5. The Labute approximate surface area is 182 Å². The summed E-state index contributed by atoms with van der Waals surface area (Å²) < 4.78 is 31.8. The van der Waals surface area contributed by atoms with E-state index in [-0.39, 0.29) is 29.7 Å². The van der Waals surface area contributed by atoms with Gasteiger partial charge in [-0.2, -0.15) is 0 Å². The predicted molar refractivity (Wildman–Crippen MR) is 118 cm³/mol. The van der Waals surface area contributed by atoms with E-state index in [0.29, 0.717) is 17.0 Å². The normalized spacial score (nSPS) is 16.4. The second kappa shape index (κ2) is 8.34. The van der Waals surface area contributed by atoms with Gasteiger partial charge >= 0.3 is 0 Å². The summed E-state index contributed by atoms with van der Waals surface area (Å²) in [6.45, 7) is 3.04. The van der Waals surface area contributed by atoms with Crippen molar-refractivity contribution in [3.8, 4) is 5.75 Å². The summed E-state index contributed by atoms with van der Waals surface area (Å²) in [6.07, 6.45) is 4.01. The summed E-state index contributed by atoms with van der Waals surface area (Å²) in [6, 6.07) is 8.90. The molecule has 1 atom stereocenters. The van der Waals surface area contributed by atoms with Gasteiger partial charge in [-0.15, -0.1) is 0 Å². The summed E-state index contributed by atoms with van der Waals surface area (Å²) in [5.41, 5.74) is 4.13. The zero-order valence-corrected chi connectivity index (χ0v) is 18.5. The number of anilines is 2. The quantitative estimate of drug-likeness (QED) is 0.739. The van der Waals surface area contributed by atoms with E-state index >= 15 is 0 Å². The first-order valence-electron chi connectivity index (χ1n) is 10.5. The number of sulfone groups is 1. The molecule has 0 radical (unpaired) electrons. The molecule has 0 fully saturated rings. The molecule has 7 nitrogen and oxygen atoms in total. The van der Waals surface area contributed by atoms with Gasteiger partial charge in [-0.3, -0.25) is 9.59 Å². The molecular formula is C23H26N2O5S. The Kier molecular flexibility index (Phi) is 5.75. The third kappa shape index (κ3) is 4.30. The first-order chi connectivity index (χ1) is 14.8. The summed E-state index contributed by atoms with van der Waals surface area (Å²) in [5.74, 6) is -0.291. The Morgan fingerprint density at radius 2 is 2.00 bits per heavy atom. The minimum absolute atomic E-state index is 0.111. The first-order valence-corrected chi connectivity index (χ1v) is 12.0. The molecular weight excluding hydrogens is 416 g/mol. The number of carbonyl (C=O) groups excluding carboxylic acids is 2. The zero-order chi connectivity index (χ0) is 22.2. The molecule has 0 bridgehead atoms. The van der Waals surface area contributed by atoms with E-state index in [0.717, 1.165) is 36.9 Å². The van der Waals surface area contributed by atoms with Gasteiger partial charge in [0.25, 0.3) is 5.91 Å². The van der Waals surface area contributed by atoms with Crippen LogP contribution in [0.5, 0.6) is 5.75 Å². The summed E-state index contributed by atoms with van der Waals surface area (Å²) in [4.78, 5) is 24.3. The lowest BCUT2D eigenvalue weighted by Crippen LogP contribution is -2.28. The topological polar surface area (TPSA) is 102 Å². The Hall–Kier alpha value is -2.87. The van der Waals surface area contributed by atoms with Crippen LogP contribution in [0.25, 0.3) is 0 Å². The molecule has 1 heterocycles. The molecule has 2 N–H and O–H groups in total. The van der Waals surface area contributed by atoms with Crippen LogP contribution in [0.2, 0.25) is 0 Å². The average Bonchev–Trinajstić information content (AvgIpc) is 2.73. The van der Waals surface area contributed by atoms with Crippen LogP contribution in [0.4, 0.5) is 11.4 Å². The maximum absolute atomic E-state index is 13.2. The number of amides is 2. The number of hydrogen-bond acceptors (Lipinski definition) is 5. The van der Waals surface area contributed by atoms with Gasteiger partial charge in [-0.1, -0.05) is 12.1 Å². The number of aryl methyl sites for hydroxylation is 2. The number of benzene rings is 2. The van der Waals surface area contributed by atoms with Crippen LogP contribution in [0, 0.1) is 6.92 Å². The number of ether oxygens (including phenoxy) is 1. The van der Waals surface area contributed by atoms with Crippen molar-refractivity contribution in [3.63, 3.8) is 0 Å². The van der Waals surface area contributed by atoms with Crippen molar-refractivity contribution in [2.75, 3.05) is 17.2 Å². The highest BCUT2D eigenvalue weighted by Gasteiger charge is 2.30. The van der Waals surface area contributed by atoms with Crippen molar-refractivity contribution in [1.29, 1.82) is 0 Å². The molecule has 2 amide bonds. The van der Waals surface area contributed by atoms with Crippen LogP contribution in [0.15, 0.2) is 35.2 Å². The fourth-order valence-corrected chi connectivity index (χ4v) is 5.79. The predicted octanol–water partition coefficient (Wildman–Crippen LogP) is 3.40. The highest BCUT2D eigenvalue weighted by atomic mass is 32.2. The van der Waals surface area contributed by atoms with Gasteiger partial charge < -0.3 is 15.4 Å². The highest BCUT2D eigenvalue weighted by molar-refractivity contribution is 7.92. The van der Waals surface area contributed by atoms with Crippen LogP contribution in [0.3, 0.4) is 0 Å². The van der Waals surface area contributed by atoms with E-state index in [9.17, 15) is 18.0 Å². The molecule has 164 valence electrons. The summed E-state index contributed by atoms with van der Waals surface area (Å²) in [5, 5.41) is 4.67. The molecule has 0 spiro atoms. The standard InChI is InChI=1S/C23H26N2O5S/c1-14-10-19-20(30-13-23(27)25-19)12-21(14)31(28,29)15(2)11-22(26)24-18-9-5-7-16-6-3-4-8-17(16)18/h5,7,9-10,12,15H,3-4,6,8,11,13H2,1-2H3,(H,24,26)(H,25,27). The SMILES string of the molecule is Cc1cc2c(cc1S(=O)(=O)C(C)CC(=O)Nc1cccc3c1CCCC3)OCC(=O)N2. The smallest absolute Gasteiger partial charge is 0.262 e. The largest absolute Gasteiger partial charge is 0.482 e. The molecule has 1 aliphatic carbocycles. The number of carbonyl (C=O) groups is 2. The molecule has 31 heavy (non-hydrogen) atoms. The lowest BCUT2D eigenvalue weighted by molar-refractivity contribution is -0.118. The minimum atomic E-state index is -3.77. The minimum Gasteiger partial charge on any atom is -0.482 e. The zero-order valence-electron chi connectivity index (χ0n) is 17.7. The third-order valence-corrected chi connectivity index (χ3v) is 8.17. The van der Waals surface area contributed by atoms with Crippen LogP contribution >= 0.6 is 0 Å². The molecule has 8 heteroatoms. The van der Waals surface area contributed by atoms with Gasteiger partial charge in [-0.25, -0.2) is 8.42 Å². The fraction of sp³-hybridized carbons (Fsp3) is 0.391. The highest BCUT2D eigenvalue weighted by Crippen LogP contribution is 2.35. The van der Waals surface area contributed by atoms with E-state index in [2.05, 4.69) is 16.7 Å². The molecule has 0 saturated carbocycles. The number of fused-ring (bicyclic) bond motifs is 2. The summed E-state index contributed by atoms with van der Waals surface area (Å²) in [7, 11) is -3.77. The first kappa shape index (κ1) is 21.4. The van der Waals surface area contributed by atoms with Gasteiger partial charge in [0.2, 0.25) is 5.91 Å². The Balaban J connectivity index is 1.51. The van der Waals surface area contributed by atoms with E-state index < -0.39 is 15.1 Å². The van der Waals surface area contributed by atoms with Crippen molar-refractivity contribution in [2.24, 2.45) is 0 Å². The number of nitrogens with one attached hydrogen (secondary N) is 2. The Morgan fingerprint density at radius 3 is 2.81 bits per heavy atom. The molecule has 0 saturated heterocycles. The van der Waals surface area contributed by atoms with Crippen LogP contribution in [-0.4, -0.2) is 32.1 Å². The van der Waals surface area contributed by atoms with Crippen molar-refractivity contribution < 1.29 is 22.7 Å². The molecule has 2 aliphatic rings. The molecule has 4 rings (SSSR count). The van der Waals surface area contributed by atoms with Crippen LogP contribution < -0.4 is 15.4 Å². The van der Waals surface area contributed by atoms with Crippen LogP contribution in [-0.2, 0) is 32.3 Å². The fourth-order valence-electron chi connectivity index (χ4n) is 4.21.